The number of anilines is 1. The van der Waals surface area contributed by atoms with Gasteiger partial charge in [0, 0.05) is 11.9 Å². The van der Waals surface area contributed by atoms with Crippen LogP contribution in [0.1, 0.15) is 35.9 Å². The lowest BCUT2D eigenvalue weighted by molar-refractivity contribution is 0.0526. The molecule has 0 aliphatic carbocycles. The normalized spacial score (nSPS) is 11.7. The van der Waals surface area contributed by atoms with Gasteiger partial charge in [-0.2, -0.15) is 0 Å². The molecule has 20 heavy (non-hydrogen) atoms. The number of hydrogen-bond donors (Lipinski definition) is 1. The molecule has 0 aliphatic rings. The van der Waals surface area contributed by atoms with E-state index in [1.54, 1.807) is 25.3 Å². The average molecular weight is 270 g/mol. The van der Waals surface area contributed by atoms with Gasteiger partial charge < -0.3 is 10.1 Å². The summed E-state index contributed by atoms with van der Waals surface area (Å²) < 4.78 is 4.99. The molecule has 1 unspecified atom stereocenters. The van der Waals surface area contributed by atoms with E-state index in [1.165, 1.54) is 0 Å². The second-order valence-corrected chi connectivity index (χ2v) is 4.42. The van der Waals surface area contributed by atoms with Crippen LogP contribution in [0.3, 0.4) is 0 Å². The fourth-order valence-corrected chi connectivity index (χ4v) is 1.91. The van der Waals surface area contributed by atoms with E-state index in [0.717, 1.165) is 11.4 Å². The van der Waals surface area contributed by atoms with Crippen LogP contribution in [0.15, 0.2) is 48.7 Å². The van der Waals surface area contributed by atoms with Crippen molar-refractivity contribution in [3.05, 3.63) is 59.9 Å². The van der Waals surface area contributed by atoms with E-state index in [1.807, 2.05) is 37.3 Å². The molecule has 1 heterocycles. The number of nitrogens with zero attached hydrogens (tertiary/aromatic N) is 1. The number of pyridine rings is 1. The van der Waals surface area contributed by atoms with Gasteiger partial charge in [0.25, 0.3) is 0 Å². The van der Waals surface area contributed by atoms with E-state index < -0.39 is 0 Å². The maximum atomic E-state index is 11.7. The summed E-state index contributed by atoms with van der Waals surface area (Å²) in [6, 6.07) is 13.2. The number of benzene rings is 1. The molecule has 2 rings (SSSR count). The topological polar surface area (TPSA) is 51.2 Å². The number of nitrogens with one attached hydrogen (secondary N) is 1. The number of rotatable bonds is 5. The summed E-state index contributed by atoms with van der Waals surface area (Å²) in [6.07, 6.45) is 1.77. The highest BCUT2D eigenvalue weighted by molar-refractivity contribution is 5.90. The van der Waals surface area contributed by atoms with Crippen LogP contribution in [0.25, 0.3) is 0 Å². The fraction of sp³-hybridized carbons (Fsp3) is 0.250. The number of hydrogen-bond acceptors (Lipinski definition) is 4. The van der Waals surface area contributed by atoms with E-state index in [2.05, 4.69) is 10.3 Å². The van der Waals surface area contributed by atoms with Crippen molar-refractivity contribution in [3.8, 4) is 0 Å². The first-order valence-electron chi connectivity index (χ1n) is 6.65. The Morgan fingerprint density at radius 2 is 2.15 bits per heavy atom. The Hall–Kier alpha value is -2.36. The largest absolute Gasteiger partial charge is 0.462 e. The SMILES string of the molecule is CCOC(=O)c1cccc(NC(C)c2ccccn2)c1. The lowest BCUT2D eigenvalue weighted by Gasteiger charge is -2.15. The molecule has 1 aromatic heterocycles. The number of esters is 1. The Morgan fingerprint density at radius 1 is 1.30 bits per heavy atom. The van der Waals surface area contributed by atoms with E-state index in [0.29, 0.717) is 12.2 Å². The number of aromatic nitrogens is 1. The number of ether oxygens (including phenoxy) is 1. The quantitative estimate of drug-likeness (QED) is 0.846. The van der Waals surface area contributed by atoms with Gasteiger partial charge in [0.05, 0.1) is 23.9 Å². The van der Waals surface area contributed by atoms with Crippen LogP contribution in [-0.2, 0) is 4.74 Å². The summed E-state index contributed by atoms with van der Waals surface area (Å²) >= 11 is 0. The van der Waals surface area contributed by atoms with Crippen LogP contribution in [0.2, 0.25) is 0 Å². The molecule has 104 valence electrons. The average Bonchev–Trinajstić information content (AvgIpc) is 2.48. The predicted molar refractivity (Wildman–Crippen MR) is 78.7 cm³/mol. The zero-order valence-corrected chi connectivity index (χ0v) is 11.7. The van der Waals surface area contributed by atoms with Crippen molar-refractivity contribution in [2.45, 2.75) is 19.9 Å². The first-order chi connectivity index (χ1) is 9.70. The standard InChI is InChI=1S/C16H18N2O2/c1-3-20-16(19)13-7-6-8-14(11-13)18-12(2)15-9-4-5-10-17-15/h4-12,18H,3H2,1-2H3. The van der Waals surface area contributed by atoms with Crippen molar-refractivity contribution in [2.75, 3.05) is 11.9 Å². The van der Waals surface area contributed by atoms with Gasteiger partial charge in [0.1, 0.15) is 0 Å². The van der Waals surface area contributed by atoms with Crippen molar-refractivity contribution in [2.24, 2.45) is 0 Å². The minimum absolute atomic E-state index is 0.0636. The zero-order chi connectivity index (χ0) is 14.4. The third-order valence-electron chi connectivity index (χ3n) is 2.89. The van der Waals surface area contributed by atoms with E-state index in [-0.39, 0.29) is 12.0 Å². The smallest absolute Gasteiger partial charge is 0.338 e. The lowest BCUT2D eigenvalue weighted by Crippen LogP contribution is -2.09. The lowest BCUT2D eigenvalue weighted by atomic mass is 10.1. The maximum Gasteiger partial charge on any atom is 0.338 e. The van der Waals surface area contributed by atoms with Crippen molar-refractivity contribution < 1.29 is 9.53 Å². The highest BCUT2D eigenvalue weighted by atomic mass is 16.5. The summed E-state index contributed by atoms with van der Waals surface area (Å²) in [7, 11) is 0. The van der Waals surface area contributed by atoms with Crippen molar-refractivity contribution in [1.82, 2.24) is 4.98 Å². The summed E-state index contributed by atoms with van der Waals surface area (Å²) in [5, 5.41) is 3.33. The van der Waals surface area contributed by atoms with Crippen LogP contribution >= 0.6 is 0 Å². The molecule has 4 nitrogen and oxygen atoms in total. The van der Waals surface area contributed by atoms with Crippen LogP contribution < -0.4 is 5.32 Å². The van der Waals surface area contributed by atoms with E-state index in [9.17, 15) is 4.79 Å². The summed E-state index contributed by atoms with van der Waals surface area (Å²) in [5.74, 6) is -0.304. The molecule has 0 amide bonds. The van der Waals surface area contributed by atoms with Crippen LogP contribution in [0, 0.1) is 0 Å². The molecule has 0 aliphatic heterocycles. The van der Waals surface area contributed by atoms with Gasteiger partial charge in [-0.25, -0.2) is 4.79 Å². The molecule has 0 spiro atoms. The first kappa shape index (κ1) is 14.1. The Balaban J connectivity index is 2.10. The molecular formula is C16H18N2O2. The molecule has 0 radical (unpaired) electrons. The third-order valence-corrected chi connectivity index (χ3v) is 2.89. The molecule has 0 bridgehead atoms. The van der Waals surface area contributed by atoms with Gasteiger partial charge in [0.15, 0.2) is 0 Å². The van der Waals surface area contributed by atoms with E-state index in [4.69, 9.17) is 4.74 Å². The molecule has 0 fully saturated rings. The second-order valence-electron chi connectivity index (χ2n) is 4.42. The van der Waals surface area contributed by atoms with Gasteiger partial charge in [0.2, 0.25) is 0 Å². The van der Waals surface area contributed by atoms with E-state index >= 15 is 0 Å². The second kappa shape index (κ2) is 6.70. The highest BCUT2D eigenvalue weighted by Gasteiger charge is 2.09. The Bertz CT molecular complexity index is 570. The molecule has 1 aromatic carbocycles. The van der Waals surface area contributed by atoms with Crippen molar-refractivity contribution in [3.63, 3.8) is 0 Å². The number of carbonyl (C=O) groups excluding carboxylic acids is 1. The zero-order valence-electron chi connectivity index (χ0n) is 11.7. The molecule has 1 atom stereocenters. The van der Waals surface area contributed by atoms with Gasteiger partial charge in [-0.15, -0.1) is 0 Å². The van der Waals surface area contributed by atoms with Gasteiger partial charge in [-0.1, -0.05) is 12.1 Å². The minimum atomic E-state index is -0.304. The molecule has 4 heteroatoms. The molecule has 2 aromatic rings. The monoisotopic (exact) mass is 270 g/mol. The summed E-state index contributed by atoms with van der Waals surface area (Å²) in [5.41, 5.74) is 2.37. The van der Waals surface area contributed by atoms with Gasteiger partial charge in [-0.3, -0.25) is 4.98 Å². The summed E-state index contributed by atoms with van der Waals surface area (Å²) in [6.45, 7) is 4.20. The first-order valence-corrected chi connectivity index (χ1v) is 6.65. The van der Waals surface area contributed by atoms with Gasteiger partial charge >= 0.3 is 5.97 Å². The van der Waals surface area contributed by atoms with Crippen molar-refractivity contribution in [1.29, 1.82) is 0 Å². The van der Waals surface area contributed by atoms with Gasteiger partial charge in [-0.05, 0) is 44.2 Å². The molecular weight excluding hydrogens is 252 g/mol. The molecule has 0 saturated carbocycles. The predicted octanol–water partition coefficient (Wildman–Crippen LogP) is 3.43. The van der Waals surface area contributed by atoms with Crippen molar-refractivity contribution >= 4 is 11.7 Å². The van der Waals surface area contributed by atoms with Crippen LogP contribution in [0.5, 0.6) is 0 Å². The third kappa shape index (κ3) is 3.57. The van der Waals surface area contributed by atoms with Crippen LogP contribution in [-0.4, -0.2) is 17.6 Å². The molecule has 1 N–H and O–H groups in total. The van der Waals surface area contributed by atoms with Crippen LogP contribution in [0.4, 0.5) is 5.69 Å². The Labute approximate surface area is 118 Å². The number of carbonyl (C=O) groups is 1. The fourth-order valence-electron chi connectivity index (χ4n) is 1.91. The molecule has 0 saturated heterocycles. The summed E-state index contributed by atoms with van der Waals surface area (Å²) in [4.78, 5) is 16.0. The highest BCUT2D eigenvalue weighted by Crippen LogP contribution is 2.18. The Kier molecular flexibility index (Phi) is 4.71. The Morgan fingerprint density at radius 3 is 2.85 bits per heavy atom. The maximum absolute atomic E-state index is 11.7. The minimum Gasteiger partial charge on any atom is -0.462 e.